The van der Waals surface area contributed by atoms with Crippen molar-refractivity contribution in [1.82, 2.24) is 5.32 Å². The first-order valence-electron chi connectivity index (χ1n) is 7.67. The second-order valence-corrected chi connectivity index (χ2v) is 7.05. The number of carbonyl (C=O) groups excluding carboxylic acids is 1. The molecule has 3 rings (SSSR count). The molecule has 0 fully saturated rings. The Bertz CT molecular complexity index is 775. The second kappa shape index (κ2) is 7.49. The molecule has 6 heteroatoms. The first-order chi connectivity index (χ1) is 11.6. The fourth-order valence-electron chi connectivity index (χ4n) is 2.56. The number of fused-ring (bicyclic) bond motifs is 1. The van der Waals surface area contributed by atoms with E-state index in [4.69, 9.17) is 9.47 Å². The van der Waals surface area contributed by atoms with Gasteiger partial charge in [0.2, 0.25) is 6.79 Å². The summed E-state index contributed by atoms with van der Waals surface area (Å²) in [6.45, 7) is 0.789. The van der Waals surface area contributed by atoms with Gasteiger partial charge in [0.25, 0.3) is 5.91 Å². The van der Waals surface area contributed by atoms with Gasteiger partial charge >= 0.3 is 0 Å². The van der Waals surface area contributed by atoms with Gasteiger partial charge in [-0.3, -0.25) is 9.00 Å². The molecule has 5 nitrogen and oxygen atoms in total. The van der Waals surface area contributed by atoms with E-state index in [2.05, 4.69) is 5.32 Å². The molecule has 2 aromatic carbocycles. The Morgan fingerprint density at radius 2 is 1.96 bits per heavy atom. The summed E-state index contributed by atoms with van der Waals surface area (Å²) < 4.78 is 21.9. The van der Waals surface area contributed by atoms with Crippen molar-refractivity contribution in [3.05, 3.63) is 59.2 Å². The van der Waals surface area contributed by atoms with E-state index in [1.54, 1.807) is 18.4 Å². The summed E-state index contributed by atoms with van der Waals surface area (Å²) in [5.74, 6) is 1.84. The maximum atomic E-state index is 12.2. The molecule has 0 aromatic heterocycles. The van der Waals surface area contributed by atoms with Crippen LogP contribution in [0, 0.1) is 0 Å². The molecule has 1 heterocycles. The number of amides is 1. The molecule has 1 aliphatic rings. The zero-order valence-electron chi connectivity index (χ0n) is 13.4. The van der Waals surface area contributed by atoms with E-state index in [9.17, 15) is 9.00 Å². The molecule has 24 heavy (non-hydrogen) atoms. The lowest BCUT2D eigenvalue weighted by molar-refractivity contribution is 0.0954. The first-order valence-corrected chi connectivity index (χ1v) is 9.40. The molecular formula is C18H19NO4S. The molecule has 0 spiro atoms. The Labute approximate surface area is 143 Å². The average molecular weight is 345 g/mol. The summed E-state index contributed by atoms with van der Waals surface area (Å²) in [6, 6.07) is 13.0. The third kappa shape index (κ3) is 4.14. The number of carbonyl (C=O) groups is 1. The van der Waals surface area contributed by atoms with E-state index in [1.165, 1.54) is 0 Å². The van der Waals surface area contributed by atoms with E-state index in [0.29, 0.717) is 24.3 Å². The molecule has 2 aromatic rings. The van der Waals surface area contributed by atoms with Gasteiger partial charge in [-0.1, -0.05) is 18.2 Å². The number of benzene rings is 2. The topological polar surface area (TPSA) is 64.6 Å². The number of rotatable bonds is 6. The molecule has 1 aliphatic heterocycles. The standard InChI is InChI=1S/C18H19NO4S/c1-24(21)11-14-3-2-4-15(9-14)18(20)19-8-7-13-5-6-16-17(10-13)23-12-22-16/h2-6,9-10H,7-8,11-12H2,1H3,(H,19,20). The summed E-state index contributed by atoms with van der Waals surface area (Å²) in [7, 11) is -0.922. The van der Waals surface area contributed by atoms with Crippen LogP contribution in [0.15, 0.2) is 42.5 Å². The largest absolute Gasteiger partial charge is 0.454 e. The van der Waals surface area contributed by atoms with Gasteiger partial charge in [0, 0.05) is 34.9 Å². The van der Waals surface area contributed by atoms with Gasteiger partial charge in [0.05, 0.1) is 0 Å². The minimum absolute atomic E-state index is 0.125. The van der Waals surface area contributed by atoms with Crippen molar-refractivity contribution >= 4 is 16.7 Å². The van der Waals surface area contributed by atoms with Crippen LogP contribution in [0.4, 0.5) is 0 Å². The van der Waals surface area contributed by atoms with Crippen molar-refractivity contribution in [1.29, 1.82) is 0 Å². The Balaban J connectivity index is 1.55. The van der Waals surface area contributed by atoms with E-state index in [1.807, 2.05) is 30.3 Å². The predicted octanol–water partition coefficient (Wildman–Crippen LogP) is 2.27. The molecule has 0 aliphatic carbocycles. The molecule has 1 unspecified atom stereocenters. The quantitative estimate of drug-likeness (QED) is 0.872. The van der Waals surface area contributed by atoms with Crippen LogP contribution >= 0.6 is 0 Å². The smallest absolute Gasteiger partial charge is 0.251 e. The highest BCUT2D eigenvalue weighted by molar-refractivity contribution is 7.83. The average Bonchev–Trinajstić information content (AvgIpc) is 3.02. The number of nitrogens with one attached hydrogen (secondary N) is 1. The van der Waals surface area contributed by atoms with Crippen LogP contribution in [0.3, 0.4) is 0 Å². The minimum atomic E-state index is -0.922. The lowest BCUT2D eigenvalue weighted by Gasteiger charge is -2.07. The predicted molar refractivity (Wildman–Crippen MR) is 92.8 cm³/mol. The van der Waals surface area contributed by atoms with Crippen molar-refractivity contribution in [2.24, 2.45) is 0 Å². The molecule has 126 valence electrons. The van der Waals surface area contributed by atoms with Crippen molar-refractivity contribution in [3.63, 3.8) is 0 Å². The highest BCUT2D eigenvalue weighted by atomic mass is 32.2. The second-order valence-electron chi connectivity index (χ2n) is 5.61. The molecule has 1 amide bonds. The van der Waals surface area contributed by atoms with E-state index >= 15 is 0 Å². The summed E-state index contributed by atoms with van der Waals surface area (Å²) in [4.78, 5) is 12.2. The zero-order chi connectivity index (χ0) is 16.9. The highest BCUT2D eigenvalue weighted by Gasteiger charge is 2.13. The SMILES string of the molecule is CS(=O)Cc1cccc(C(=O)NCCc2ccc3c(c2)OCO3)c1. The van der Waals surface area contributed by atoms with Crippen LogP contribution in [0.2, 0.25) is 0 Å². The van der Waals surface area contributed by atoms with Gasteiger partial charge in [-0.2, -0.15) is 0 Å². The molecule has 1 N–H and O–H groups in total. The lowest BCUT2D eigenvalue weighted by Crippen LogP contribution is -2.25. The Kier molecular flexibility index (Phi) is 5.15. The van der Waals surface area contributed by atoms with Crippen molar-refractivity contribution in [2.45, 2.75) is 12.2 Å². The third-order valence-corrected chi connectivity index (χ3v) is 4.44. The van der Waals surface area contributed by atoms with Crippen LogP contribution in [-0.4, -0.2) is 29.7 Å². The summed E-state index contributed by atoms with van der Waals surface area (Å²) in [5.41, 5.74) is 2.57. The van der Waals surface area contributed by atoms with E-state index in [-0.39, 0.29) is 12.7 Å². The maximum absolute atomic E-state index is 12.2. The number of hydrogen-bond donors (Lipinski definition) is 1. The molecular weight excluding hydrogens is 326 g/mol. The normalized spacial score (nSPS) is 13.5. The fraction of sp³-hybridized carbons (Fsp3) is 0.278. The summed E-state index contributed by atoms with van der Waals surface area (Å²) in [5, 5.41) is 2.91. The number of ether oxygens (including phenoxy) is 2. The summed E-state index contributed by atoms with van der Waals surface area (Å²) in [6.07, 6.45) is 2.36. The van der Waals surface area contributed by atoms with Gasteiger partial charge in [0.15, 0.2) is 11.5 Å². The van der Waals surface area contributed by atoms with Crippen LogP contribution in [0.5, 0.6) is 11.5 Å². The first kappa shape index (κ1) is 16.5. The van der Waals surface area contributed by atoms with Crippen LogP contribution in [-0.2, 0) is 23.0 Å². The Morgan fingerprint density at radius 3 is 2.79 bits per heavy atom. The molecule has 0 bridgehead atoms. The van der Waals surface area contributed by atoms with Gasteiger partial charge in [-0.25, -0.2) is 0 Å². The maximum Gasteiger partial charge on any atom is 0.251 e. The van der Waals surface area contributed by atoms with Crippen molar-refractivity contribution in [2.75, 3.05) is 19.6 Å². The van der Waals surface area contributed by atoms with Crippen LogP contribution in [0.25, 0.3) is 0 Å². The van der Waals surface area contributed by atoms with Crippen LogP contribution in [0.1, 0.15) is 21.5 Å². The van der Waals surface area contributed by atoms with Gasteiger partial charge in [0.1, 0.15) is 0 Å². The van der Waals surface area contributed by atoms with Crippen LogP contribution < -0.4 is 14.8 Å². The lowest BCUT2D eigenvalue weighted by atomic mass is 10.1. The Morgan fingerprint density at radius 1 is 1.12 bits per heavy atom. The van der Waals surface area contributed by atoms with Gasteiger partial charge in [-0.15, -0.1) is 0 Å². The van der Waals surface area contributed by atoms with E-state index in [0.717, 1.165) is 22.6 Å². The third-order valence-electron chi connectivity index (χ3n) is 3.70. The summed E-state index contributed by atoms with van der Waals surface area (Å²) >= 11 is 0. The van der Waals surface area contributed by atoms with Crippen molar-refractivity contribution < 1.29 is 18.5 Å². The van der Waals surface area contributed by atoms with E-state index < -0.39 is 10.8 Å². The molecule has 0 radical (unpaired) electrons. The number of hydrogen-bond acceptors (Lipinski definition) is 4. The van der Waals surface area contributed by atoms with Gasteiger partial charge < -0.3 is 14.8 Å². The molecule has 0 saturated heterocycles. The monoisotopic (exact) mass is 345 g/mol. The zero-order valence-corrected chi connectivity index (χ0v) is 14.2. The fourth-order valence-corrected chi connectivity index (χ4v) is 3.20. The van der Waals surface area contributed by atoms with Gasteiger partial charge in [-0.05, 0) is 41.8 Å². The molecule has 1 atom stereocenters. The molecule has 0 saturated carbocycles. The highest BCUT2D eigenvalue weighted by Crippen LogP contribution is 2.32. The minimum Gasteiger partial charge on any atom is -0.454 e. The Hall–Kier alpha value is -2.34. The van der Waals surface area contributed by atoms with Crippen molar-refractivity contribution in [3.8, 4) is 11.5 Å².